The Labute approximate surface area is 99.4 Å². The average molecular weight is 230 g/mol. The van der Waals surface area contributed by atoms with Gasteiger partial charge in [0.05, 0.1) is 18.2 Å². The summed E-state index contributed by atoms with van der Waals surface area (Å²) < 4.78 is 11.2. The van der Waals surface area contributed by atoms with Crippen molar-refractivity contribution >= 4 is 16.7 Å². The van der Waals surface area contributed by atoms with E-state index in [1.165, 1.54) is 0 Å². The first-order chi connectivity index (χ1) is 8.22. The second kappa shape index (κ2) is 3.98. The van der Waals surface area contributed by atoms with Crippen LogP contribution in [-0.2, 0) is 9.47 Å². The fourth-order valence-corrected chi connectivity index (χ4v) is 1.99. The van der Waals surface area contributed by atoms with Crippen molar-refractivity contribution in [3.05, 3.63) is 35.9 Å². The monoisotopic (exact) mass is 230 g/mol. The van der Waals surface area contributed by atoms with Crippen LogP contribution in [0.25, 0.3) is 10.9 Å². The normalized spacial score (nSPS) is 24.3. The fourth-order valence-electron chi connectivity index (χ4n) is 1.99. The van der Waals surface area contributed by atoms with Crippen molar-refractivity contribution in [1.29, 1.82) is 0 Å². The SMILES string of the molecule is CC1COC(c2ccc3nc(N)ccc3c2)O1. The molecule has 1 aromatic heterocycles. The standard InChI is InChI=1S/C13H14N2O2/c1-8-7-16-13(17-8)10-2-4-11-9(6-10)3-5-12(14)15-11/h2-6,8,13H,7H2,1H3,(H2,14,15). The molecule has 1 saturated heterocycles. The summed E-state index contributed by atoms with van der Waals surface area (Å²) >= 11 is 0. The third-order valence-corrected chi connectivity index (χ3v) is 2.85. The third kappa shape index (κ3) is 1.97. The Balaban J connectivity index is 1.99. The molecule has 2 aromatic rings. The number of nitrogen functional groups attached to an aromatic ring is 1. The second-order valence-electron chi connectivity index (χ2n) is 4.30. The van der Waals surface area contributed by atoms with Crippen LogP contribution >= 0.6 is 0 Å². The number of hydrogen-bond donors (Lipinski definition) is 1. The summed E-state index contributed by atoms with van der Waals surface area (Å²) in [4.78, 5) is 4.25. The summed E-state index contributed by atoms with van der Waals surface area (Å²) in [6.07, 6.45) is -0.104. The lowest BCUT2D eigenvalue weighted by molar-refractivity contribution is -0.0571. The van der Waals surface area contributed by atoms with Crippen LogP contribution in [0.1, 0.15) is 18.8 Å². The highest BCUT2D eigenvalue weighted by Gasteiger charge is 2.24. The van der Waals surface area contributed by atoms with E-state index in [0.29, 0.717) is 12.4 Å². The van der Waals surface area contributed by atoms with Crippen LogP contribution in [0.15, 0.2) is 30.3 Å². The highest BCUT2D eigenvalue weighted by molar-refractivity contribution is 5.80. The van der Waals surface area contributed by atoms with Crippen LogP contribution in [0.5, 0.6) is 0 Å². The van der Waals surface area contributed by atoms with Crippen LogP contribution in [-0.4, -0.2) is 17.7 Å². The van der Waals surface area contributed by atoms with E-state index in [9.17, 15) is 0 Å². The number of benzene rings is 1. The molecule has 17 heavy (non-hydrogen) atoms. The van der Waals surface area contributed by atoms with Crippen molar-refractivity contribution < 1.29 is 9.47 Å². The van der Waals surface area contributed by atoms with Crippen molar-refractivity contribution in [1.82, 2.24) is 4.98 Å². The molecule has 0 radical (unpaired) electrons. The first-order valence-corrected chi connectivity index (χ1v) is 5.65. The Bertz CT molecular complexity index is 556. The van der Waals surface area contributed by atoms with Gasteiger partial charge in [0.1, 0.15) is 5.82 Å². The zero-order valence-electron chi connectivity index (χ0n) is 9.59. The summed E-state index contributed by atoms with van der Waals surface area (Å²) in [7, 11) is 0. The van der Waals surface area contributed by atoms with Gasteiger partial charge in [-0.25, -0.2) is 4.98 Å². The van der Waals surface area contributed by atoms with E-state index < -0.39 is 0 Å². The molecule has 1 aliphatic rings. The van der Waals surface area contributed by atoms with Gasteiger partial charge < -0.3 is 15.2 Å². The molecule has 88 valence electrons. The number of pyridine rings is 1. The van der Waals surface area contributed by atoms with Crippen molar-refractivity contribution in [3.63, 3.8) is 0 Å². The van der Waals surface area contributed by atoms with Gasteiger partial charge in [0.25, 0.3) is 0 Å². The Kier molecular flexibility index (Phi) is 2.46. The largest absolute Gasteiger partial charge is 0.384 e. The molecular weight excluding hydrogens is 216 g/mol. The zero-order chi connectivity index (χ0) is 11.8. The highest BCUT2D eigenvalue weighted by atomic mass is 16.7. The first kappa shape index (κ1) is 10.5. The molecule has 2 heterocycles. The van der Waals surface area contributed by atoms with Crippen LogP contribution in [0.3, 0.4) is 0 Å². The predicted molar refractivity (Wildman–Crippen MR) is 65.4 cm³/mol. The molecule has 0 spiro atoms. The van der Waals surface area contributed by atoms with E-state index in [2.05, 4.69) is 4.98 Å². The average Bonchev–Trinajstić information content (AvgIpc) is 2.75. The Morgan fingerprint density at radius 2 is 2.18 bits per heavy atom. The third-order valence-electron chi connectivity index (χ3n) is 2.85. The maximum atomic E-state index is 5.65. The molecule has 1 aliphatic heterocycles. The summed E-state index contributed by atoms with van der Waals surface area (Å²) in [5, 5.41) is 1.04. The predicted octanol–water partition coefficient (Wildman–Crippen LogP) is 2.25. The molecule has 2 atom stereocenters. The molecule has 0 saturated carbocycles. The van der Waals surface area contributed by atoms with Crippen molar-refractivity contribution in [2.24, 2.45) is 0 Å². The molecule has 0 bridgehead atoms. The number of fused-ring (bicyclic) bond motifs is 1. The molecular formula is C13H14N2O2. The van der Waals surface area contributed by atoms with Crippen LogP contribution in [0.4, 0.5) is 5.82 Å². The molecule has 4 nitrogen and oxygen atoms in total. The Morgan fingerprint density at radius 3 is 2.94 bits per heavy atom. The maximum absolute atomic E-state index is 5.65. The molecule has 2 unspecified atom stereocenters. The van der Waals surface area contributed by atoms with Gasteiger partial charge in [-0.1, -0.05) is 6.07 Å². The summed E-state index contributed by atoms with van der Waals surface area (Å²) in [5.74, 6) is 0.534. The molecule has 0 amide bonds. The van der Waals surface area contributed by atoms with Crippen LogP contribution < -0.4 is 5.73 Å². The van der Waals surface area contributed by atoms with Gasteiger partial charge in [0.15, 0.2) is 6.29 Å². The number of hydrogen-bond acceptors (Lipinski definition) is 4. The van der Waals surface area contributed by atoms with Crippen molar-refractivity contribution in [2.75, 3.05) is 12.3 Å². The smallest absolute Gasteiger partial charge is 0.184 e. The lowest BCUT2D eigenvalue weighted by atomic mass is 10.1. The molecule has 4 heteroatoms. The van der Waals surface area contributed by atoms with Crippen LogP contribution in [0.2, 0.25) is 0 Å². The molecule has 1 aromatic carbocycles. The minimum absolute atomic E-state index is 0.153. The number of aromatic nitrogens is 1. The highest BCUT2D eigenvalue weighted by Crippen LogP contribution is 2.28. The van der Waals surface area contributed by atoms with Crippen molar-refractivity contribution in [2.45, 2.75) is 19.3 Å². The van der Waals surface area contributed by atoms with Gasteiger partial charge in [0.2, 0.25) is 0 Å². The van der Waals surface area contributed by atoms with Gasteiger partial charge in [-0.15, -0.1) is 0 Å². The van der Waals surface area contributed by atoms with E-state index in [-0.39, 0.29) is 12.4 Å². The van der Waals surface area contributed by atoms with E-state index in [4.69, 9.17) is 15.2 Å². The maximum Gasteiger partial charge on any atom is 0.184 e. The summed E-state index contributed by atoms with van der Waals surface area (Å²) in [5.41, 5.74) is 7.55. The van der Waals surface area contributed by atoms with Gasteiger partial charge in [-0.2, -0.15) is 0 Å². The fraction of sp³-hybridized carbons (Fsp3) is 0.308. The first-order valence-electron chi connectivity index (χ1n) is 5.65. The minimum atomic E-state index is -0.257. The van der Waals surface area contributed by atoms with Gasteiger partial charge in [-0.05, 0) is 31.2 Å². The van der Waals surface area contributed by atoms with E-state index >= 15 is 0 Å². The lowest BCUT2D eigenvalue weighted by Crippen LogP contribution is -2.02. The Morgan fingerprint density at radius 1 is 1.29 bits per heavy atom. The lowest BCUT2D eigenvalue weighted by Gasteiger charge is -2.10. The van der Waals surface area contributed by atoms with Gasteiger partial charge >= 0.3 is 0 Å². The van der Waals surface area contributed by atoms with Crippen molar-refractivity contribution in [3.8, 4) is 0 Å². The van der Waals surface area contributed by atoms with Gasteiger partial charge in [-0.3, -0.25) is 0 Å². The topological polar surface area (TPSA) is 57.4 Å². The summed E-state index contributed by atoms with van der Waals surface area (Å²) in [6.45, 7) is 2.64. The molecule has 2 N–H and O–H groups in total. The second-order valence-corrected chi connectivity index (χ2v) is 4.30. The zero-order valence-corrected chi connectivity index (χ0v) is 9.59. The number of nitrogens with zero attached hydrogens (tertiary/aromatic N) is 1. The van der Waals surface area contributed by atoms with Crippen LogP contribution in [0, 0.1) is 0 Å². The number of anilines is 1. The Hall–Kier alpha value is -1.65. The molecule has 1 fully saturated rings. The minimum Gasteiger partial charge on any atom is -0.384 e. The molecule has 0 aliphatic carbocycles. The number of rotatable bonds is 1. The van der Waals surface area contributed by atoms with Gasteiger partial charge in [0, 0.05) is 10.9 Å². The van der Waals surface area contributed by atoms with E-state index in [0.717, 1.165) is 16.5 Å². The number of nitrogens with two attached hydrogens (primary N) is 1. The quantitative estimate of drug-likeness (QED) is 0.816. The summed E-state index contributed by atoms with van der Waals surface area (Å²) in [6, 6.07) is 9.70. The molecule has 3 rings (SSSR count). The number of ether oxygens (including phenoxy) is 2. The van der Waals surface area contributed by atoms with E-state index in [1.54, 1.807) is 6.07 Å². The van der Waals surface area contributed by atoms with E-state index in [1.807, 2.05) is 31.2 Å².